The van der Waals surface area contributed by atoms with E-state index >= 15 is 0 Å². The lowest BCUT2D eigenvalue weighted by molar-refractivity contribution is -0.135. The van der Waals surface area contributed by atoms with E-state index in [1.54, 1.807) is 19.2 Å². The van der Waals surface area contributed by atoms with Gasteiger partial charge in [0.15, 0.2) is 5.69 Å². The molecule has 0 saturated heterocycles. The molecule has 0 spiro atoms. The summed E-state index contributed by atoms with van der Waals surface area (Å²) < 4.78 is 5.82. The summed E-state index contributed by atoms with van der Waals surface area (Å²) in [5.74, 6) is -1.19. The molecule has 1 aliphatic rings. The Hall–Kier alpha value is -4.06. The fraction of sp³-hybridized carbons (Fsp3) is 0.429. The summed E-state index contributed by atoms with van der Waals surface area (Å²) >= 11 is 1.26. The van der Waals surface area contributed by atoms with Crippen LogP contribution in [0.15, 0.2) is 40.1 Å². The molecule has 4 bridgehead atoms. The van der Waals surface area contributed by atoms with Gasteiger partial charge in [-0.1, -0.05) is 44.2 Å². The van der Waals surface area contributed by atoms with E-state index in [0.29, 0.717) is 17.2 Å². The lowest BCUT2D eigenvalue weighted by Crippen LogP contribution is -2.49. The van der Waals surface area contributed by atoms with Gasteiger partial charge < -0.3 is 25.3 Å². The average molecular weight is 567 g/mol. The molecule has 1 aromatic carbocycles. The van der Waals surface area contributed by atoms with Crippen molar-refractivity contribution in [2.24, 2.45) is 5.92 Å². The number of carbonyl (C=O) groups is 4. The summed E-state index contributed by atoms with van der Waals surface area (Å²) in [4.78, 5) is 62.4. The highest BCUT2D eigenvalue weighted by Crippen LogP contribution is 2.25. The quantitative estimate of drug-likeness (QED) is 0.442. The van der Waals surface area contributed by atoms with Gasteiger partial charge in [-0.15, -0.1) is 11.3 Å². The minimum Gasteiger partial charge on any atom is -0.443 e. The Labute approximate surface area is 236 Å². The van der Waals surface area contributed by atoms with Crippen molar-refractivity contribution >= 4 is 35.0 Å². The third-order valence-corrected chi connectivity index (χ3v) is 7.66. The SMILES string of the molecule is CC(=O)N1CC(=O)N[C@@H](C(C)C)c2nc(c(C)o2)C(=O)N[C@H](C)c2nc(cs2)C(=O)N[C@H](Cc2ccccc2)C1. The highest BCUT2D eigenvalue weighted by Gasteiger charge is 2.30. The number of benzene rings is 1. The Balaban J connectivity index is 1.71. The number of hydrogen-bond acceptors (Lipinski definition) is 8. The first kappa shape index (κ1) is 28.9. The summed E-state index contributed by atoms with van der Waals surface area (Å²) in [7, 11) is 0. The van der Waals surface area contributed by atoms with Crippen LogP contribution in [0.3, 0.4) is 0 Å². The van der Waals surface area contributed by atoms with Crippen LogP contribution in [0.25, 0.3) is 0 Å². The molecule has 3 aromatic rings. The van der Waals surface area contributed by atoms with Crippen LogP contribution < -0.4 is 16.0 Å². The summed E-state index contributed by atoms with van der Waals surface area (Å²) in [6, 6.07) is 7.97. The van der Waals surface area contributed by atoms with Gasteiger partial charge in [0.1, 0.15) is 22.5 Å². The van der Waals surface area contributed by atoms with Gasteiger partial charge in [0, 0.05) is 18.8 Å². The van der Waals surface area contributed by atoms with Gasteiger partial charge >= 0.3 is 0 Å². The molecule has 0 saturated carbocycles. The van der Waals surface area contributed by atoms with Gasteiger partial charge in [-0.3, -0.25) is 19.2 Å². The minimum absolute atomic E-state index is 0.103. The second kappa shape index (κ2) is 12.4. The van der Waals surface area contributed by atoms with Crippen LogP contribution in [0, 0.1) is 12.8 Å². The van der Waals surface area contributed by atoms with E-state index < -0.39 is 35.8 Å². The van der Waals surface area contributed by atoms with Crippen molar-refractivity contribution < 1.29 is 23.6 Å². The number of thiazole rings is 1. The number of aryl methyl sites for hydroxylation is 1. The predicted molar refractivity (Wildman–Crippen MR) is 149 cm³/mol. The minimum atomic E-state index is -0.626. The number of oxazole rings is 1. The van der Waals surface area contributed by atoms with Crippen LogP contribution in [0.5, 0.6) is 0 Å². The molecule has 1 aliphatic heterocycles. The van der Waals surface area contributed by atoms with Crippen LogP contribution in [-0.2, 0) is 16.0 Å². The second-order valence-electron chi connectivity index (χ2n) is 10.3. The fourth-order valence-corrected chi connectivity index (χ4v) is 5.28. The molecule has 4 rings (SSSR count). The van der Waals surface area contributed by atoms with Crippen molar-refractivity contribution in [1.82, 2.24) is 30.8 Å². The molecule has 12 heteroatoms. The Morgan fingerprint density at radius 1 is 1.10 bits per heavy atom. The Bertz CT molecular complexity index is 1380. The van der Waals surface area contributed by atoms with Crippen molar-refractivity contribution in [2.75, 3.05) is 13.1 Å². The van der Waals surface area contributed by atoms with Crippen LogP contribution in [-0.4, -0.2) is 57.6 Å². The molecule has 40 heavy (non-hydrogen) atoms. The molecule has 0 aliphatic carbocycles. The number of fused-ring (bicyclic) bond motifs is 4. The molecular weight excluding hydrogens is 532 g/mol. The van der Waals surface area contributed by atoms with E-state index in [1.165, 1.54) is 23.2 Å². The third-order valence-electron chi connectivity index (χ3n) is 6.63. The molecule has 3 atom stereocenters. The molecule has 0 unspecified atom stereocenters. The number of rotatable bonds is 3. The van der Waals surface area contributed by atoms with Crippen LogP contribution >= 0.6 is 11.3 Å². The van der Waals surface area contributed by atoms with E-state index in [9.17, 15) is 19.2 Å². The number of amides is 4. The zero-order chi connectivity index (χ0) is 29.0. The highest BCUT2D eigenvalue weighted by atomic mass is 32.1. The second-order valence-corrected chi connectivity index (χ2v) is 11.2. The first-order valence-electron chi connectivity index (χ1n) is 13.1. The van der Waals surface area contributed by atoms with Gasteiger partial charge in [-0.25, -0.2) is 9.97 Å². The molecule has 0 radical (unpaired) electrons. The van der Waals surface area contributed by atoms with Crippen molar-refractivity contribution in [2.45, 2.75) is 59.2 Å². The molecular formula is C28H34N6O5S. The molecule has 0 fully saturated rings. The van der Waals surface area contributed by atoms with Crippen molar-refractivity contribution in [3.05, 3.63) is 69.3 Å². The topological polar surface area (TPSA) is 147 Å². The number of carbonyl (C=O) groups excluding carboxylic acids is 4. The molecule has 3 heterocycles. The zero-order valence-electron chi connectivity index (χ0n) is 23.2. The normalized spacial score (nSPS) is 20.8. The van der Waals surface area contributed by atoms with E-state index in [-0.39, 0.29) is 42.2 Å². The summed E-state index contributed by atoms with van der Waals surface area (Å²) in [6.07, 6.45) is 0.439. The average Bonchev–Trinajstić information content (AvgIpc) is 3.54. The molecule has 4 amide bonds. The van der Waals surface area contributed by atoms with E-state index in [0.717, 1.165) is 5.56 Å². The Morgan fingerprint density at radius 2 is 1.82 bits per heavy atom. The van der Waals surface area contributed by atoms with Crippen molar-refractivity contribution in [3.63, 3.8) is 0 Å². The monoisotopic (exact) mass is 566 g/mol. The van der Waals surface area contributed by atoms with Crippen LogP contribution in [0.2, 0.25) is 0 Å². The lowest BCUT2D eigenvalue weighted by Gasteiger charge is -2.28. The first-order chi connectivity index (χ1) is 19.0. The van der Waals surface area contributed by atoms with Gasteiger partial charge in [-0.2, -0.15) is 0 Å². The maximum atomic E-state index is 13.2. The van der Waals surface area contributed by atoms with Gasteiger partial charge in [0.25, 0.3) is 11.8 Å². The number of aromatic nitrogens is 2. The van der Waals surface area contributed by atoms with Gasteiger partial charge in [-0.05, 0) is 31.7 Å². The first-order valence-corrected chi connectivity index (χ1v) is 14.0. The van der Waals surface area contributed by atoms with Crippen molar-refractivity contribution in [3.8, 4) is 0 Å². The van der Waals surface area contributed by atoms with Gasteiger partial charge in [0.05, 0.1) is 18.6 Å². The lowest BCUT2D eigenvalue weighted by atomic mass is 10.0. The van der Waals surface area contributed by atoms with Gasteiger partial charge in [0.2, 0.25) is 17.7 Å². The third kappa shape index (κ3) is 6.92. The maximum Gasteiger partial charge on any atom is 0.274 e. The molecule has 11 nitrogen and oxygen atoms in total. The molecule has 212 valence electrons. The summed E-state index contributed by atoms with van der Waals surface area (Å²) in [6.45, 7) is 8.46. The summed E-state index contributed by atoms with van der Waals surface area (Å²) in [5.41, 5.74) is 1.27. The molecule has 2 aromatic heterocycles. The number of hydrogen-bond donors (Lipinski definition) is 3. The van der Waals surface area contributed by atoms with Crippen LogP contribution in [0.1, 0.15) is 83.0 Å². The Morgan fingerprint density at radius 3 is 2.50 bits per heavy atom. The van der Waals surface area contributed by atoms with E-state index in [4.69, 9.17) is 4.42 Å². The largest absolute Gasteiger partial charge is 0.443 e. The van der Waals surface area contributed by atoms with E-state index in [2.05, 4.69) is 25.9 Å². The highest BCUT2D eigenvalue weighted by molar-refractivity contribution is 7.09. The smallest absolute Gasteiger partial charge is 0.274 e. The predicted octanol–water partition coefficient (Wildman–Crippen LogP) is 2.95. The molecule has 3 N–H and O–H groups in total. The Kier molecular flexibility index (Phi) is 8.98. The maximum absolute atomic E-state index is 13.2. The van der Waals surface area contributed by atoms with Crippen LogP contribution in [0.4, 0.5) is 0 Å². The number of nitrogens with zero attached hydrogens (tertiary/aromatic N) is 3. The fourth-order valence-electron chi connectivity index (χ4n) is 4.47. The van der Waals surface area contributed by atoms with Crippen molar-refractivity contribution in [1.29, 1.82) is 0 Å². The zero-order valence-corrected chi connectivity index (χ0v) is 24.0. The summed E-state index contributed by atoms with van der Waals surface area (Å²) in [5, 5.41) is 10.9. The van der Waals surface area contributed by atoms with E-state index in [1.807, 2.05) is 44.2 Å². The standard InChI is InChI=1S/C28H34N6O5S/c1-15(2)23-27-33-24(17(4)39-27)26(38)29-16(3)28-31-21(14-40-28)25(37)30-20(11-19-9-7-6-8-10-19)12-34(18(5)35)13-22(36)32-23/h6-10,14-16,20,23H,11-13H2,1-5H3,(H,29,38)(H,30,37)(H,32,36)/t16-,20-,23+/m1/s1. The number of nitrogens with one attached hydrogen (secondary N) is 3.